The van der Waals surface area contributed by atoms with Crippen molar-refractivity contribution in [2.75, 3.05) is 0 Å². The van der Waals surface area contributed by atoms with E-state index >= 15 is 0 Å². The Morgan fingerprint density at radius 2 is 1.95 bits per heavy atom. The molecular formula is C14H15F2NO2. The number of halogens is 2. The molecule has 0 saturated heterocycles. The van der Waals surface area contributed by atoms with Gasteiger partial charge in [0, 0.05) is 12.1 Å². The van der Waals surface area contributed by atoms with E-state index < -0.39 is 6.61 Å². The minimum absolute atomic E-state index is 0.195. The van der Waals surface area contributed by atoms with Crippen molar-refractivity contribution in [2.24, 2.45) is 0 Å². The Morgan fingerprint density at radius 1 is 1.16 bits per heavy atom. The van der Waals surface area contributed by atoms with E-state index in [2.05, 4.69) is 10.1 Å². The predicted octanol–water partition coefficient (Wildman–Crippen LogP) is 3.48. The highest BCUT2D eigenvalue weighted by Crippen LogP contribution is 2.20. The van der Waals surface area contributed by atoms with Crippen LogP contribution in [0.2, 0.25) is 0 Å². The van der Waals surface area contributed by atoms with Crippen LogP contribution in [0.4, 0.5) is 8.78 Å². The van der Waals surface area contributed by atoms with E-state index in [1.807, 2.05) is 19.1 Å². The Hall–Kier alpha value is -1.88. The van der Waals surface area contributed by atoms with Crippen LogP contribution in [0.5, 0.6) is 5.75 Å². The van der Waals surface area contributed by atoms with Gasteiger partial charge in [-0.2, -0.15) is 8.78 Å². The zero-order chi connectivity index (χ0) is 13.7. The van der Waals surface area contributed by atoms with Gasteiger partial charge >= 0.3 is 6.61 Å². The summed E-state index contributed by atoms with van der Waals surface area (Å²) in [5, 5.41) is 3.13. The van der Waals surface area contributed by atoms with Gasteiger partial charge in [0.25, 0.3) is 0 Å². The summed E-state index contributed by atoms with van der Waals surface area (Å²) in [7, 11) is 0. The monoisotopic (exact) mass is 267 g/mol. The van der Waals surface area contributed by atoms with Gasteiger partial charge in [-0.15, -0.1) is 0 Å². The molecule has 102 valence electrons. The lowest BCUT2D eigenvalue weighted by atomic mass is 10.2. The standard InChI is InChI=1S/C14H15F2NO2/c1-10-6-7-12(18-10)9-17-8-11-4-2-3-5-13(11)19-14(15)16/h2-7,14,17H,8-9H2,1H3. The van der Waals surface area contributed by atoms with Crippen LogP contribution in [0.1, 0.15) is 17.1 Å². The average molecular weight is 267 g/mol. The van der Waals surface area contributed by atoms with Crippen LogP contribution in [0.3, 0.4) is 0 Å². The molecule has 0 aliphatic rings. The number of alkyl halides is 2. The summed E-state index contributed by atoms with van der Waals surface area (Å²) < 4.78 is 34.3. The molecule has 0 spiro atoms. The van der Waals surface area contributed by atoms with Gasteiger partial charge in [0.1, 0.15) is 17.3 Å². The fourth-order valence-electron chi connectivity index (χ4n) is 1.76. The predicted molar refractivity (Wildman–Crippen MR) is 67.1 cm³/mol. The van der Waals surface area contributed by atoms with E-state index in [1.54, 1.807) is 18.2 Å². The van der Waals surface area contributed by atoms with E-state index in [0.717, 1.165) is 11.5 Å². The maximum Gasteiger partial charge on any atom is 0.387 e. The Bertz CT molecular complexity index is 526. The minimum Gasteiger partial charge on any atom is -0.465 e. The first-order valence-electron chi connectivity index (χ1n) is 5.94. The number of nitrogens with one attached hydrogen (secondary N) is 1. The normalized spacial score (nSPS) is 10.9. The number of rotatable bonds is 6. The third kappa shape index (κ3) is 4.06. The summed E-state index contributed by atoms with van der Waals surface area (Å²) in [6, 6.07) is 10.5. The van der Waals surface area contributed by atoms with Gasteiger partial charge in [-0.25, -0.2) is 0 Å². The van der Waals surface area contributed by atoms with E-state index in [-0.39, 0.29) is 5.75 Å². The number of furan rings is 1. The molecule has 0 bridgehead atoms. The van der Waals surface area contributed by atoms with Gasteiger partial charge in [0.2, 0.25) is 0 Å². The van der Waals surface area contributed by atoms with E-state index in [0.29, 0.717) is 18.7 Å². The number of ether oxygens (including phenoxy) is 1. The molecule has 0 amide bonds. The van der Waals surface area contributed by atoms with E-state index in [9.17, 15) is 8.78 Å². The SMILES string of the molecule is Cc1ccc(CNCc2ccccc2OC(F)F)o1. The van der Waals surface area contributed by atoms with Crippen LogP contribution in [0, 0.1) is 6.92 Å². The number of hydrogen-bond donors (Lipinski definition) is 1. The van der Waals surface area contributed by atoms with E-state index in [1.165, 1.54) is 6.07 Å². The molecular weight excluding hydrogens is 252 g/mol. The fraction of sp³-hybridized carbons (Fsp3) is 0.286. The third-order valence-corrected chi connectivity index (χ3v) is 2.60. The summed E-state index contributed by atoms with van der Waals surface area (Å²) in [5.41, 5.74) is 0.686. The first-order chi connectivity index (χ1) is 9.15. The van der Waals surface area contributed by atoms with Gasteiger partial charge in [-0.1, -0.05) is 18.2 Å². The molecule has 3 nitrogen and oxygen atoms in total. The molecule has 0 aliphatic carbocycles. The van der Waals surface area contributed by atoms with Crippen LogP contribution in [-0.2, 0) is 13.1 Å². The first kappa shape index (κ1) is 13.5. The molecule has 0 aliphatic heterocycles. The highest BCUT2D eigenvalue weighted by atomic mass is 19.3. The Labute approximate surface area is 110 Å². The number of hydrogen-bond acceptors (Lipinski definition) is 3. The van der Waals surface area contributed by atoms with Crippen molar-refractivity contribution < 1.29 is 17.9 Å². The zero-order valence-electron chi connectivity index (χ0n) is 10.5. The van der Waals surface area contributed by atoms with Crippen molar-refractivity contribution in [1.29, 1.82) is 0 Å². The number of para-hydroxylation sites is 1. The quantitative estimate of drug-likeness (QED) is 0.870. The van der Waals surface area contributed by atoms with Gasteiger partial charge < -0.3 is 14.5 Å². The second kappa shape index (κ2) is 6.33. The van der Waals surface area contributed by atoms with Crippen LogP contribution < -0.4 is 10.1 Å². The van der Waals surface area contributed by atoms with Crippen molar-refractivity contribution in [1.82, 2.24) is 5.32 Å². The van der Waals surface area contributed by atoms with Crippen LogP contribution in [-0.4, -0.2) is 6.61 Å². The molecule has 1 aromatic heterocycles. The molecule has 2 aromatic rings. The first-order valence-corrected chi connectivity index (χ1v) is 5.94. The number of aryl methyl sites for hydroxylation is 1. The van der Waals surface area contributed by atoms with Crippen molar-refractivity contribution in [3.05, 3.63) is 53.5 Å². The van der Waals surface area contributed by atoms with E-state index in [4.69, 9.17) is 4.42 Å². The highest BCUT2D eigenvalue weighted by Gasteiger charge is 2.08. The maximum atomic E-state index is 12.2. The summed E-state index contributed by atoms with van der Waals surface area (Å²) in [6.45, 7) is 0.0308. The summed E-state index contributed by atoms with van der Waals surface area (Å²) in [5.74, 6) is 1.85. The third-order valence-electron chi connectivity index (χ3n) is 2.60. The Kier molecular flexibility index (Phi) is 4.52. The topological polar surface area (TPSA) is 34.4 Å². The lowest BCUT2D eigenvalue weighted by Crippen LogP contribution is -2.14. The molecule has 2 rings (SSSR count). The smallest absolute Gasteiger partial charge is 0.387 e. The molecule has 0 unspecified atom stereocenters. The van der Waals surface area contributed by atoms with Crippen molar-refractivity contribution in [3.63, 3.8) is 0 Å². The van der Waals surface area contributed by atoms with Gasteiger partial charge in [-0.3, -0.25) is 0 Å². The number of benzene rings is 1. The van der Waals surface area contributed by atoms with Gasteiger partial charge in [0.15, 0.2) is 0 Å². The largest absolute Gasteiger partial charge is 0.465 e. The molecule has 1 heterocycles. The molecule has 0 atom stereocenters. The Morgan fingerprint density at radius 3 is 2.63 bits per heavy atom. The molecule has 0 fully saturated rings. The lowest BCUT2D eigenvalue weighted by Gasteiger charge is -2.10. The second-order valence-corrected chi connectivity index (χ2v) is 4.10. The fourth-order valence-corrected chi connectivity index (χ4v) is 1.76. The summed E-state index contributed by atoms with van der Waals surface area (Å²) >= 11 is 0. The van der Waals surface area contributed by atoms with Crippen LogP contribution >= 0.6 is 0 Å². The van der Waals surface area contributed by atoms with Crippen molar-refractivity contribution >= 4 is 0 Å². The molecule has 1 N–H and O–H groups in total. The van der Waals surface area contributed by atoms with Gasteiger partial charge in [0.05, 0.1) is 6.54 Å². The van der Waals surface area contributed by atoms with Crippen LogP contribution in [0.25, 0.3) is 0 Å². The lowest BCUT2D eigenvalue weighted by molar-refractivity contribution is -0.0505. The van der Waals surface area contributed by atoms with Crippen LogP contribution in [0.15, 0.2) is 40.8 Å². The van der Waals surface area contributed by atoms with Crippen molar-refractivity contribution in [2.45, 2.75) is 26.6 Å². The molecule has 0 saturated carbocycles. The zero-order valence-corrected chi connectivity index (χ0v) is 10.5. The minimum atomic E-state index is -2.81. The second-order valence-electron chi connectivity index (χ2n) is 4.10. The summed E-state index contributed by atoms with van der Waals surface area (Å²) in [6.07, 6.45) is 0. The molecule has 0 radical (unpaired) electrons. The van der Waals surface area contributed by atoms with Gasteiger partial charge in [-0.05, 0) is 25.1 Å². The highest BCUT2D eigenvalue weighted by molar-refractivity contribution is 5.33. The molecule has 5 heteroatoms. The molecule has 19 heavy (non-hydrogen) atoms. The molecule has 1 aromatic carbocycles. The maximum absolute atomic E-state index is 12.2. The average Bonchev–Trinajstić information content (AvgIpc) is 2.77. The Balaban J connectivity index is 1.92. The van der Waals surface area contributed by atoms with Crippen molar-refractivity contribution in [3.8, 4) is 5.75 Å². The summed E-state index contributed by atoms with van der Waals surface area (Å²) in [4.78, 5) is 0.